The Hall–Kier alpha value is -1.41. The van der Waals surface area contributed by atoms with Gasteiger partial charge in [-0.25, -0.2) is 9.46 Å². The molecule has 2 rings (SSSR count). The number of hydrogen-bond acceptors (Lipinski definition) is 7. The molecule has 0 aromatic heterocycles. The van der Waals surface area contributed by atoms with Crippen LogP contribution in [0.4, 0.5) is 4.79 Å². The average Bonchev–Trinajstić information content (AvgIpc) is 3.41. The van der Waals surface area contributed by atoms with Gasteiger partial charge in [0.2, 0.25) is 0 Å². The first-order chi connectivity index (χ1) is 16.5. The zero-order valence-electron chi connectivity index (χ0n) is 21.3. The molecule has 1 amide bonds. The van der Waals surface area contributed by atoms with E-state index in [4.69, 9.17) is 23.8 Å². The van der Waals surface area contributed by atoms with E-state index < -0.39 is 8.53 Å². The van der Waals surface area contributed by atoms with Crippen LogP contribution in [0, 0.1) is 40.9 Å². The van der Waals surface area contributed by atoms with Crippen molar-refractivity contribution in [1.82, 2.24) is 9.99 Å². The van der Waals surface area contributed by atoms with E-state index in [1.165, 1.54) is 12.8 Å². The first-order valence-electron chi connectivity index (χ1n) is 12.6. The van der Waals surface area contributed by atoms with Crippen molar-refractivity contribution in [3.63, 3.8) is 0 Å². The maximum atomic E-state index is 11.9. The quantitative estimate of drug-likeness (QED) is 0.186. The molecule has 2 aliphatic rings. The predicted molar refractivity (Wildman–Crippen MR) is 133 cm³/mol. The highest BCUT2D eigenvalue weighted by molar-refractivity contribution is 7.44. The number of alkyl carbamates (subject to hydrolysis) is 1. The molecule has 1 N–H and O–H groups in total. The van der Waals surface area contributed by atoms with Crippen LogP contribution in [-0.2, 0) is 18.5 Å². The van der Waals surface area contributed by atoms with Crippen LogP contribution in [0.15, 0.2) is 0 Å². The summed E-state index contributed by atoms with van der Waals surface area (Å²) < 4.78 is 24.9. The summed E-state index contributed by atoms with van der Waals surface area (Å²) in [6.07, 6.45) is 5.29. The molecular weight excluding hydrogens is 453 g/mol. The van der Waals surface area contributed by atoms with Crippen molar-refractivity contribution < 1.29 is 23.3 Å². The average molecular weight is 496 g/mol. The Balaban J connectivity index is 1.51. The lowest BCUT2D eigenvalue weighted by molar-refractivity contribution is 0.0867. The van der Waals surface area contributed by atoms with Crippen molar-refractivity contribution in [3.05, 3.63) is 0 Å². The van der Waals surface area contributed by atoms with Gasteiger partial charge >= 0.3 is 6.09 Å². The number of nitriles is 1. The van der Waals surface area contributed by atoms with Gasteiger partial charge in [0.25, 0.3) is 8.53 Å². The summed E-state index contributed by atoms with van der Waals surface area (Å²) in [5.74, 6) is 8.70. The van der Waals surface area contributed by atoms with Gasteiger partial charge in [-0.15, -0.1) is 11.8 Å². The van der Waals surface area contributed by atoms with E-state index >= 15 is 0 Å². The monoisotopic (exact) mass is 495 g/mol. The van der Waals surface area contributed by atoms with Crippen LogP contribution in [0.1, 0.15) is 66.2 Å². The Labute approximate surface area is 207 Å². The van der Waals surface area contributed by atoms with Gasteiger partial charge in [-0.1, -0.05) is 0 Å². The Morgan fingerprint density at radius 1 is 1.03 bits per heavy atom. The summed E-state index contributed by atoms with van der Waals surface area (Å²) in [4.78, 5) is 11.9. The summed E-state index contributed by atoms with van der Waals surface area (Å²) in [6.45, 7) is 10.8. The minimum Gasteiger partial charge on any atom is -0.450 e. The summed E-state index contributed by atoms with van der Waals surface area (Å²) >= 11 is 0. The second-order valence-electron chi connectivity index (χ2n) is 9.27. The van der Waals surface area contributed by atoms with Gasteiger partial charge in [-0.2, -0.15) is 5.26 Å². The van der Waals surface area contributed by atoms with Crippen LogP contribution in [0.25, 0.3) is 0 Å². The van der Waals surface area contributed by atoms with E-state index in [-0.39, 0.29) is 18.2 Å². The van der Waals surface area contributed by atoms with Crippen LogP contribution in [-0.4, -0.2) is 62.4 Å². The van der Waals surface area contributed by atoms with E-state index in [9.17, 15) is 4.79 Å². The van der Waals surface area contributed by atoms with E-state index in [1.807, 2.05) is 0 Å². The van der Waals surface area contributed by atoms with Gasteiger partial charge < -0.3 is 23.8 Å². The standard InChI is InChI=1S/C25H42N3O5P/c1-20(2)28(21(3)4)34(32-15-9-13-26)33-19-18-30-17-14-27-25(29)31-16-12-24-22-10-7-5-6-8-11-23(22)24/h20-24H,7-12,14-19H2,1-4H3,(H,27,29)/t22-,23+,24?,34?. The topological polar surface area (TPSA) is 93.0 Å². The second kappa shape index (κ2) is 16.3. The number of rotatable bonds is 16. The third-order valence-electron chi connectivity index (χ3n) is 6.13. The number of nitrogens with one attached hydrogen (secondary N) is 1. The minimum absolute atomic E-state index is 0.260. The lowest BCUT2D eigenvalue weighted by Crippen LogP contribution is -2.34. The normalized spacial score (nSPS) is 22.2. The molecule has 0 heterocycles. The van der Waals surface area contributed by atoms with Gasteiger partial charge in [0.15, 0.2) is 0 Å². The molecule has 0 aromatic rings. The fourth-order valence-corrected chi connectivity index (χ4v) is 6.19. The van der Waals surface area contributed by atoms with E-state index in [0.29, 0.717) is 51.9 Å². The van der Waals surface area contributed by atoms with Gasteiger partial charge in [0.1, 0.15) is 0 Å². The fourth-order valence-electron chi connectivity index (χ4n) is 4.62. The molecule has 0 saturated heterocycles. The third kappa shape index (κ3) is 10.5. The Bertz CT molecular complexity index is 677. The molecule has 0 bridgehead atoms. The van der Waals surface area contributed by atoms with Crippen LogP contribution in [0.2, 0.25) is 0 Å². The number of carbonyl (C=O) groups is 1. The zero-order valence-corrected chi connectivity index (χ0v) is 22.1. The molecule has 34 heavy (non-hydrogen) atoms. The highest BCUT2D eigenvalue weighted by atomic mass is 31.2. The molecule has 9 heteroatoms. The molecule has 4 atom stereocenters. The maximum absolute atomic E-state index is 11.9. The second-order valence-corrected chi connectivity index (χ2v) is 10.7. The molecule has 0 aromatic carbocycles. The molecule has 0 spiro atoms. The van der Waals surface area contributed by atoms with Gasteiger partial charge in [-0.05, 0) is 64.7 Å². The summed E-state index contributed by atoms with van der Waals surface area (Å²) in [5, 5.41) is 11.5. The van der Waals surface area contributed by atoms with Crippen molar-refractivity contribution >= 4 is 14.6 Å². The summed E-state index contributed by atoms with van der Waals surface area (Å²) in [5.41, 5.74) is 0. The number of amides is 1. The lowest BCUT2D eigenvalue weighted by Gasteiger charge is -2.35. The zero-order chi connectivity index (χ0) is 24.8. The van der Waals surface area contributed by atoms with E-state index in [0.717, 1.165) is 31.1 Å². The first kappa shape index (κ1) is 28.8. The van der Waals surface area contributed by atoms with Crippen LogP contribution in [0.5, 0.6) is 0 Å². The summed E-state index contributed by atoms with van der Waals surface area (Å²) in [7, 11) is -1.26. The van der Waals surface area contributed by atoms with Gasteiger partial charge in [0, 0.05) is 31.5 Å². The Morgan fingerprint density at radius 3 is 2.29 bits per heavy atom. The minimum atomic E-state index is -1.26. The fraction of sp³-hybridized carbons (Fsp3) is 0.840. The van der Waals surface area contributed by atoms with Crippen molar-refractivity contribution in [2.75, 3.05) is 39.6 Å². The molecule has 8 nitrogen and oxygen atoms in total. The van der Waals surface area contributed by atoms with E-state index in [2.05, 4.69) is 55.6 Å². The molecule has 2 aliphatic carbocycles. The molecule has 2 unspecified atom stereocenters. The highest BCUT2D eigenvalue weighted by Gasteiger charge is 2.48. The maximum Gasteiger partial charge on any atom is 0.407 e. The van der Waals surface area contributed by atoms with Crippen LogP contribution in [0.3, 0.4) is 0 Å². The SMILES string of the molecule is CC(C)N(C(C)C)P(OCCC#N)OCCOCCNC(=O)OCCC1[C@H]2CCC#CCC[C@@H]12. The number of nitrogens with zero attached hydrogens (tertiary/aromatic N) is 2. The Morgan fingerprint density at radius 2 is 1.68 bits per heavy atom. The number of ether oxygens (including phenoxy) is 2. The first-order valence-corrected chi connectivity index (χ1v) is 13.7. The molecule has 1 fully saturated rings. The number of hydrogen-bond donors (Lipinski definition) is 1. The van der Waals surface area contributed by atoms with Gasteiger partial charge in [-0.3, -0.25) is 0 Å². The summed E-state index contributed by atoms with van der Waals surface area (Å²) in [6, 6.07) is 2.62. The number of fused-ring (bicyclic) bond motifs is 1. The van der Waals surface area contributed by atoms with Crippen molar-refractivity contribution in [2.45, 2.75) is 78.3 Å². The van der Waals surface area contributed by atoms with Crippen molar-refractivity contribution in [2.24, 2.45) is 17.8 Å². The largest absolute Gasteiger partial charge is 0.450 e. The molecule has 0 radical (unpaired) electrons. The molecular formula is C25H42N3O5P. The molecule has 0 aliphatic heterocycles. The molecule has 1 saturated carbocycles. The van der Waals surface area contributed by atoms with Crippen LogP contribution < -0.4 is 5.32 Å². The number of carbonyl (C=O) groups excluding carboxylic acids is 1. The van der Waals surface area contributed by atoms with E-state index in [1.54, 1.807) is 0 Å². The predicted octanol–water partition coefficient (Wildman–Crippen LogP) is 4.85. The van der Waals surface area contributed by atoms with Crippen LogP contribution >= 0.6 is 8.53 Å². The van der Waals surface area contributed by atoms with Crippen molar-refractivity contribution in [3.8, 4) is 17.9 Å². The smallest absolute Gasteiger partial charge is 0.407 e. The van der Waals surface area contributed by atoms with Crippen molar-refractivity contribution in [1.29, 1.82) is 5.26 Å². The lowest BCUT2D eigenvalue weighted by atomic mass is 10.1. The highest BCUT2D eigenvalue weighted by Crippen LogP contribution is 2.54. The Kier molecular flexibility index (Phi) is 13.8. The molecule has 192 valence electrons. The van der Waals surface area contributed by atoms with Gasteiger partial charge in [0.05, 0.1) is 45.5 Å². The third-order valence-corrected chi connectivity index (χ3v) is 8.24.